The minimum atomic E-state index is 0.451. The van der Waals surface area contributed by atoms with Crippen LogP contribution in [0.25, 0.3) is 11.4 Å². The van der Waals surface area contributed by atoms with Gasteiger partial charge in [0, 0.05) is 29.9 Å². The Hall–Kier alpha value is -3.55. The first-order chi connectivity index (χ1) is 12.9. The van der Waals surface area contributed by atoms with E-state index in [0.717, 1.165) is 16.9 Å². The first-order valence-corrected chi connectivity index (χ1v) is 8.14. The number of hydrogen-bond acceptors (Lipinski definition) is 7. The van der Waals surface area contributed by atoms with Gasteiger partial charge < -0.3 is 9.26 Å². The van der Waals surface area contributed by atoms with Crippen LogP contribution in [0.5, 0.6) is 5.75 Å². The van der Waals surface area contributed by atoms with Gasteiger partial charge in [-0.1, -0.05) is 23.4 Å². The third-order valence-electron chi connectivity index (χ3n) is 3.71. The molecule has 0 saturated carbocycles. The fourth-order valence-corrected chi connectivity index (χ4v) is 2.41. The Morgan fingerprint density at radius 1 is 1.12 bits per heavy atom. The van der Waals surface area contributed by atoms with Crippen molar-refractivity contribution < 1.29 is 9.26 Å². The molecule has 0 fully saturated rings. The van der Waals surface area contributed by atoms with Gasteiger partial charge in [-0.2, -0.15) is 10.1 Å². The fourth-order valence-electron chi connectivity index (χ4n) is 2.41. The smallest absolute Gasteiger partial charge is 0.228 e. The van der Waals surface area contributed by atoms with Crippen molar-refractivity contribution in [3.05, 3.63) is 72.9 Å². The van der Waals surface area contributed by atoms with Gasteiger partial charge >= 0.3 is 0 Å². The molecular weight excluding hydrogens is 332 g/mol. The summed E-state index contributed by atoms with van der Waals surface area (Å²) in [6.45, 7) is 1.09. The van der Waals surface area contributed by atoms with Crippen LogP contribution in [0.1, 0.15) is 11.5 Å². The molecule has 1 aromatic carbocycles. The van der Waals surface area contributed by atoms with Crippen LogP contribution in [0.3, 0.4) is 0 Å². The molecular formula is C18H16N6O2. The van der Waals surface area contributed by atoms with Gasteiger partial charge in [0.1, 0.15) is 25.0 Å². The predicted molar refractivity (Wildman–Crippen MR) is 92.0 cm³/mol. The minimum Gasteiger partial charge on any atom is -0.489 e. The average molecular weight is 348 g/mol. The zero-order valence-corrected chi connectivity index (χ0v) is 13.9. The number of rotatable bonds is 7. The normalized spacial score (nSPS) is 10.8. The van der Waals surface area contributed by atoms with Gasteiger partial charge in [0.05, 0.1) is 6.54 Å². The molecule has 8 nitrogen and oxygen atoms in total. The largest absolute Gasteiger partial charge is 0.489 e. The van der Waals surface area contributed by atoms with Crippen molar-refractivity contribution >= 4 is 0 Å². The molecule has 0 bridgehead atoms. The van der Waals surface area contributed by atoms with Crippen LogP contribution in [0.15, 0.2) is 66.0 Å². The van der Waals surface area contributed by atoms with E-state index in [1.54, 1.807) is 23.4 Å². The summed E-state index contributed by atoms with van der Waals surface area (Å²) in [7, 11) is 0. The van der Waals surface area contributed by atoms with Crippen LogP contribution in [-0.2, 0) is 19.6 Å². The van der Waals surface area contributed by atoms with E-state index in [0.29, 0.717) is 31.3 Å². The lowest BCUT2D eigenvalue weighted by Gasteiger charge is -2.06. The van der Waals surface area contributed by atoms with Gasteiger partial charge in [-0.15, -0.1) is 0 Å². The Balaban J connectivity index is 1.41. The van der Waals surface area contributed by atoms with Crippen LogP contribution in [-0.4, -0.2) is 29.9 Å². The summed E-state index contributed by atoms with van der Waals surface area (Å²) in [5.74, 6) is 1.82. The monoisotopic (exact) mass is 348 g/mol. The second-order valence-corrected chi connectivity index (χ2v) is 5.60. The second-order valence-electron chi connectivity index (χ2n) is 5.60. The molecule has 26 heavy (non-hydrogen) atoms. The molecule has 0 aliphatic heterocycles. The van der Waals surface area contributed by atoms with Gasteiger partial charge in [-0.05, 0) is 18.2 Å². The van der Waals surface area contributed by atoms with Crippen molar-refractivity contribution in [2.45, 2.75) is 19.6 Å². The number of aryl methyl sites for hydroxylation is 2. The molecule has 0 unspecified atom stereocenters. The summed E-state index contributed by atoms with van der Waals surface area (Å²) in [5.41, 5.74) is 1.84. The van der Waals surface area contributed by atoms with E-state index in [-0.39, 0.29) is 0 Å². The minimum absolute atomic E-state index is 0.451. The SMILES string of the molecule is c1cncc(COc2cccc(-c3noc(CCn4cncn4)n3)c2)c1. The van der Waals surface area contributed by atoms with Crippen LogP contribution in [0.4, 0.5) is 0 Å². The Morgan fingerprint density at radius 3 is 2.96 bits per heavy atom. The van der Waals surface area contributed by atoms with Gasteiger partial charge in [0.15, 0.2) is 0 Å². The molecule has 3 aromatic heterocycles. The zero-order valence-electron chi connectivity index (χ0n) is 13.9. The Labute approximate surface area is 149 Å². The Bertz CT molecular complexity index is 953. The molecule has 0 amide bonds. The third kappa shape index (κ3) is 3.92. The van der Waals surface area contributed by atoms with Crippen molar-refractivity contribution in [3.8, 4) is 17.1 Å². The maximum absolute atomic E-state index is 5.81. The zero-order chi connectivity index (χ0) is 17.6. The lowest BCUT2D eigenvalue weighted by Crippen LogP contribution is -2.01. The molecule has 0 saturated heterocycles. The highest BCUT2D eigenvalue weighted by Gasteiger charge is 2.10. The molecule has 0 spiro atoms. The van der Waals surface area contributed by atoms with Crippen LogP contribution >= 0.6 is 0 Å². The van der Waals surface area contributed by atoms with Crippen LogP contribution in [0, 0.1) is 0 Å². The summed E-state index contributed by atoms with van der Waals surface area (Å²) in [5, 5.41) is 8.10. The third-order valence-corrected chi connectivity index (χ3v) is 3.71. The molecule has 0 N–H and O–H groups in total. The molecule has 0 aliphatic carbocycles. The van der Waals surface area contributed by atoms with Gasteiger partial charge in [-0.25, -0.2) is 4.98 Å². The Morgan fingerprint density at radius 2 is 2.12 bits per heavy atom. The second kappa shape index (κ2) is 7.56. The van der Waals surface area contributed by atoms with E-state index < -0.39 is 0 Å². The molecule has 0 aliphatic rings. The maximum atomic E-state index is 5.81. The van der Waals surface area contributed by atoms with E-state index in [9.17, 15) is 0 Å². The van der Waals surface area contributed by atoms with E-state index in [1.165, 1.54) is 6.33 Å². The van der Waals surface area contributed by atoms with Crippen molar-refractivity contribution in [2.24, 2.45) is 0 Å². The highest BCUT2D eigenvalue weighted by atomic mass is 16.5. The summed E-state index contributed by atoms with van der Waals surface area (Å²) < 4.78 is 12.8. The van der Waals surface area contributed by atoms with Crippen LogP contribution < -0.4 is 4.74 Å². The van der Waals surface area contributed by atoms with E-state index in [1.807, 2.05) is 36.4 Å². The number of benzene rings is 1. The molecule has 0 radical (unpaired) electrons. The lowest BCUT2D eigenvalue weighted by atomic mass is 10.2. The maximum Gasteiger partial charge on any atom is 0.228 e. The van der Waals surface area contributed by atoms with Crippen molar-refractivity contribution in [1.82, 2.24) is 29.9 Å². The lowest BCUT2D eigenvalue weighted by molar-refractivity contribution is 0.306. The molecule has 3 heterocycles. The fraction of sp³-hybridized carbons (Fsp3) is 0.167. The van der Waals surface area contributed by atoms with Crippen molar-refractivity contribution in [1.29, 1.82) is 0 Å². The first-order valence-electron chi connectivity index (χ1n) is 8.14. The molecule has 130 valence electrons. The molecule has 4 rings (SSSR count). The number of nitrogens with zero attached hydrogens (tertiary/aromatic N) is 6. The summed E-state index contributed by atoms with van der Waals surface area (Å²) >= 11 is 0. The summed E-state index contributed by atoms with van der Waals surface area (Å²) in [6, 6.07) is 11.5. The number of aromatic nitrogens is 6. The number of pyridine rings is 1. The Kier molecular flexibility index (Phi) is 4.64. The quantitative estimate of drug-likeness (QED) is 0.507. The van der Waals surface area contributed by atoms with Crippen molar-refractivity contribution in [3.63, 3.8) is 0 Å². The number of hydrogen-bond donors (Lipinski definition) is 0. The standard InChI is InChI=1S/C18H16N6O2/c1-4-15(9-16(5-1)25-11-14-3-2-7-19-10-14)18-22-17(26-23-18)6-8-24-13-20-12-21-24/h1-5,7,9-10,12-13H,6,8,11H2. The van der Waals surface area contributed by atoms with E-state index in [2.05, 4.69) is 25.2 Å². The highest BCUT2D eigenvalue weighted by molar-refractivity contribution is 5.56. The molecule has 0 atom stereocenters. The summed E-state index contributed by atoms with van der Waals surface area (Å²) in [4.78, 5) is 12.4. The van der Waals surface area contributed by atoms with Crippen LogP contribution in [0.2, 0.25) is 0 Å². The van der Waals surface area contributed by atoms with Gasteiger partial charge in [0.25, 0.3) is 0 Å². The molecule has 4 aromatic rings. The highest BCUT2D eigenvalue weighted by Crippen LogP contribution is 2.22. The van der Waals surface area contributed by atoms with E-state index >= 15 is 0 Å². The molecule has 8 heteroatoms. The number of ether oxygens (including phenoxy) is 1. The topological polar surface area (TPSA) is 91.8 Å². The van der Waals surface area contributed by atoms with Gasteiger partial charge in [0.2, 0.25) is 11.7 Å². The first kappa shape index (κ1) is 15.9. The van der Waals surface area contributed by atoms with Gasteiger partial charge in [-0.3, -0.25) is 9.67 Å². The summed E-state index contributed by atoms with van der Waals surface area (Å²) in [6.07, 6.45) is 7.26. The van der Waals surface area contributed by atoms with Crippen molar-refractivity contribution in [2.75, 3.05) is 0 Å². The predicted octanol–water partition coefficient (Wildman–Crippen LogP) is 2.54. The average Bonchev–Trinajstić information content (AvgIpc) is 3.38. The van der Waals surface area contributed by atoms with E-state index in [4.69, 9.17) is 9.26 Å².